The van der Waals surface area contributed by atoms with E-state index in [9.17, 15) is 9.59 Å². The highest BCUT2D eigenvalue weighted by Gasteiger charge is 2.35. The third kappa shape index (κ3) is 3.92. The predicted molar refractivity (Wildman–Crippen MR) is 89.0 cm³/mol. The van der Waals surface area contributed by atoms with Crippen molar-refractivity contribution in [1.29, 1.82) is 0 Å². The Labute approximate surface area is 138 Å². The van der Waals surface area contributed by atoms with Crippen LogP contribution in [0.1, 0.15) is 49.6 Å². The van der Waals surface area contributed by atoms with E-state index in [0.717, 1.165) is 36.2 Å². The van der Waals surface area contributed by atoms with Crippen molar-refractivity contribution in [3.05, 3.63) is 17.0 Å². The molecule has 1 aliphatic heterocycles. The van der Waals surface area contributed by atoms with E-state index in [1.165, 1.54) is 0 Å². The lowest BCUT2D eigenvalue weighted by molar-refractivity contribution is -0.150. The van der Waals surface area contributed by atoms with Gasteiger partial charge in [-0.05, 0) is 32.3 Å². The minimum absolute atomic E-state index is 0.0764. The Kier molecular flexibility index (Phi) is 5.80. The summed E-state index contributed by atoms with van der Waals surface area (Å²) in [5, 5.41) is 7.13. The van der Waals surface area contributed by atoms with Crippen LogP contribution in [0, 0.1) is 13.8 Å². The molecule has 6 nitrogen and oxygen atoms in total. The number of unbranched alkanes of at least 4 members (excludes halogenated alkanes) is 1. The number of nitrogens with one attached hydrogen (secondary N) is 1. The molecule has 128 valence electrons. The van der Waals surface area contributed by atoms with Gasteiger partial charge in [0.2, 0.25) is 11.8 Å². The number of piperazine rings is 1. The summed E-state index contributed by atoms with van der Waals surface area (Å²) in [6, 6.07) is -0.284. The van der Waals surface area contributed by atoms with Crippen LogP contribution >= 0.6 is 0 Å². The lowest BCUT2D eigenvalue weighted by Gasteiger charge is -2.39. The van der Waals surface area contributed by atoms with Crippen molar-refractivity contribution in [3.8, 4) is 0 Å². The first-order valence-corrected chi connectivity index (χ1v) is 8.50. The molecule has 1 N–H and O–H groups in total. The Hall–Kier alpha value is -1.85. The quantitative estimate of drug-likeness (QED) is 0.869. The minimum Gasteiger partial charge on any atom is -0.342 e. The Morgan fingerprint density at radius 3 is 2.70 bits per heavy atom. The number of carbonyl (C=O) groups is 2. The average Bonchev–Trinajstić information content (AvgIpc) is 2.85. The van der Waals surface area contributed by atoms with Gasteiger partial charge in [0.15, 0.2) is 0 Å². The molecule has 0 radical (unpaired) electrons. The molecule has 0 aliphatic carbocycles. The molecule has 1 aromatic rings. The molecule has 0 saturated carbocycles. The molecule has 1 fully saturated rings. The Bertz CT molecular complexity index is 547. The second kappa shape index (κ2) is 7.62. The van der Waals surface area contributed by atoms with Gasteiger partial charge in [-0.2, -0.15) is 5.10 Å². The summed E-state index contributed by atoms with van der Waals surface area (Å²) in [5.41, 5.74) is 3.09. The van der Waals surface area contributed by atoms with Crippen LogP contribution in [0.4, 0.5) is 0 Å². The number of nitrogens with zero attached hydrogens (tertiary/aromatic N) is 3. The van der Waals surface area contributed by atoms with Crippen LogP contribution in [-0.4, -0.2) is 58.0 Å². The molecule has 0 aromatic carbocycles. The fraction of sp³-hybridized carbons (Fsp3) is 0.706. The molecule has 1 aromatic heterocycles. The van der Waals surface area contributed by atoms with E-state index in [1.807, 2.05) is 20.9 Å². The van der Waals surface area contributed by atoms with Crippen molar-refractivity contribution in [2.45, 2.75) is 58.9 Å². The lowest BCUT2D eigenvalue weighted by atomic mass is 10.0. The van der Waals surface area contributed by atoms with Gasteiger partial charge in [0.05, 0.1) is 5.69 Å². The number of hydrogen-bond acceptors (Lipinski definition) is 3. The Morgan fingerprint density at radius 1 is 1.35 bits per heavy atom. The second-order valence-electron chi connectivity index (χ2n) is 6.42. The maximum atomic E-state index is 12.7. The third-order valence-corrected chi connectivity index (χ3v) is 4.73. The largest absolute Gasteiger partial charge is 0.342 e. The van der Waals surface area contributed by atoms with Crippen molar-refractivity contribution >= 4 is 11.8 Å². The molecule has 2 amide bonds. The molecule has 0 spiro atoms. The van der Waals surface area contributed by atoms with E-state index in [-0.39, 0.29) is 17.9 Å². The van der Waals surface area contributed by atoms with Crippen LogP contribution in [0.2, 0.25) is 0 Å². The van der Waals surface area contributed by atoms with E-state index >= 15 is 0 Å². The van der Waals surface area contributed by atoms with E-state index in [2.05, 4.69) is 17.1 Å². The van der Waals surface area contributed by atoms with Gasteiger partial charge >= 0.3 is 0 Å². The Balaban J connectivity index is 2.02. The number of rotatable bonds is 6. The molecular weight excluding hydrogens is 292 g/mol. The summed E-state index contributed by atoms with van der Waals surface area (Å²) in [5.74, 6) is 0.154. The van der Waals surface area contributed by atoms with Crippen LogP contribution in [0.25, 0.3) is 0 Å². The average molecular weight is 320 g/mol. The monoisotopic (exact) mass is 320 g/mol. The summed E-state index contributed by atoms with van der Waals surface area (Å²) >= 11 is 0. The Morgan fingerprint density at radius 2 is 2.09 bits per heavy atom. The summed E-state index contributed by atoms with van der Waals surface area (Å²) in [6.07, 6.45) is 3.86. The molecule has 2 rings (SSSR count). The molecule has 0 bridgehead atoms. The molecular formula is C17H28N4O2. The number of aromatic nitrogens is 2. The SMILES string of the molecule is CCCCC1C(=O)N(C)CCN1C(=O)CCc1c(C)n[nH]c1C. The molecule has 1 atom stereocenters. The van der Waals surface area contributed by atoms with Crippen molar-refractivity contribution < 1.29 is 9.59 Å². The van der Waals surface area contributed by atoms with Crippen LogP contribution in [-0.2, 0) is 16.0 Å². The smallest absolute Gasteiger partial charge is 0.245 e. The first-order chi connectivity index (χ1) is 11.0. The van der Waals surface area contributed by atoms with Crippen LogP contribution in [0.3, 0.4) is 0 Å². The lowest BCUT2D eigenvalue weighted by Crippen LogP contribution is -2.57. The van der Waals surface area contributed by atoms with Gasteiger partial charge in [-0.25, -0.2) is 0 Å². The maximum Gasteiger partial charge on any atom is 0.245 e. The molecule has 1 saturated heterocycles. The number of hydrogen-bond donors (Lipinski definition) is 1. The van der Waals surface area contributed by atoms with E-state index in [0.29, 0.717) is 25.9 Å². The molecule has 6 heteroatoms. The fourth-order valence-corrected chi connectivity index (χ4v) is 3.20. The number of likely N-dealkylation sites (N-methyl/N-ethyl adjacent to an activating group) is 1. The van der Waals surface area contributed by atoms with Gasteiger partial charge in [0.1, 0.15) is 6.04 Å². The summed E-state index contributed by atoms with van der Waals surface area (Å²) in [6.45, 7) is 7.29. The second-order valence-corrected chi connectivity index (χ2v) is 6.42. The maximum absolute atomic E-state index is 12.7. The van der Waals surface area contributed by atoms with Crippen molar-refractivity contribution in [2.24, 2.45) is 0 Å². The zero-order valence-corrected chi connectivity index (χ0v) is 14.7. The highest BCUT2D eigenvalue weighted by atomic mass is 16.2. The topological polar surface area (TPSA) is 69.3 Å². The number of aromatic amines is 1. The number of aryl methyl sites for hydroxylation is 2. The molecule has 23 heavy (non-hydrogen) atoms. The van der Waals surface area contributed by atoms with E-state index in [1.54, 1.807) is 9.80 Å². The fourth-order valence-electron chi connectivity index (χ4n) is 3.20. The number of amides is 2. The summed E-state index contributed by atoms with van der Waals surface area (Å²) < 4.78 is 0. The minimum atomic E-state index is -0.284. The van der Waals surface area contributed by atoms with Gasteiger partial charge in [0, 0.05) is 32.3 Å². The van der Waals surface area contributed by atoms with E-state index < -0.39 is 0 Å². The summed E-state index contributed by atoms with van der Waals surface area (Å²) in [4.78, 5) is 28.6. The van der Waals surface area contributed by atoms with Gasteiger partial charge in [-0.1, -0.05) is 19.8 Å². The molecule has 2 heterocycles. The zero-order valence-electron chi connectivity index (χ0n) is 14.7. The first-order valence-electron chi connectivity index (χ1n) is 8.50. The van der Waals surface area contributed by atoms with Crippen molar-refractivity contribution in [1.82, 2.24) is 20.0 Å². The third-order valence-electron chi connectivity index (χ3n) is 4.73. The van der Waals surface area contributed by atoms with Gasteiger partial charge < -0.3 is 9.80 Å². The normalized spacial score (nSPS) is 18.6. The van der Waals surface area contributed by atoms with Crippen LogP contribution in [0.5, 0.6) is 0 Å². The van der Waals surface area contributed by atoms with Crippen molar-refractivity contribution in [2.75, 3.05) is 20.1 Å². The number of carbonyl (C=O) groups excluding carboxylic acids is 2. The predicted octanol–water partition coefficient (Wildman–Crippen LogP) is 1.82. The first kappa shape index (κ1) is 17.5. The van der Waals surface area contributed by atoms with Crippen molar-refractivity contribution in [3.63, 3.8) is 0 Å². The standard InChI is InChI=1S/C17H28N4O2/c1-5-6-7-15-17(23)20(4)10-11-21(15)16(22)9-8-14-12(2)18-19-13(14)3/h15H,5-11H2,1-4H3,(H,18,19). The van der Waals surface area contributed by atoms with Gasteiger partial charge in [0.25, 0.3) is 0 Å². The molecule has 1 aliphatic rings. The van der Waals surface area contributed by atoms with Crippen LogP contribution < -0.4 is 0 Å². The van der Waals surface area contributed by atoms with Gasteiger partial charge in [-0.15, -0.1) is 0 Å². The van der Waals surface area contributed by atoms with Crippen LogP contribution in [0.15, 0.2) is 0 Å². The molecule has 1 unspecified atom stereocenters. The highest BCUT2D eigenvalue weighted by Crippen LogP contribution is 2.19. The number of H-pyrrole nitrogens is 1. The van der Waals surface area contributed by atoms with E-state index in [4.69, 9.17) is 0 Å². The highest BCUT2D eigenvalue weighted by molar-refractivity contribution is 5.88. The summed E-state index contributed by atoms with van der Waals surface area (Å²) in [7, 11) is 1.82. The zero-order chi connectivity index (χ0) is 17.0. The van der Waals surface area contributed by atoms with Gasteiger partial charge in [-0.3, -0.25) is 14.7 Å².